The Morgan fingerprint density at radius 2 is 2.08 bits per heavy atom. The average molecular weight is 456 g/mol. The number of halogens is 1. The van der Waals surface area contributed by atoms with Gasteiger partial charge in [0, 0.05) is 19.2 Å². The van der Waals surface area contributed by atoms with E-state index in [0.717, 1.165) is 23.0 Å². The van der Waals surface area contributed by atoms with Gasteiger partial charge in [-0.3, -0.25) is 0 Å². The molecule has 0 saturated carbocycles. The predicted molar refractivity (Wildman–Crippen MR) is 110 cm³/mol. The number of hydrogen-bond donors (Lipinski definition) is 2. The monoisotopic (exact) mass is 456 g/mol. The van der Waals surface area contributed by atoms with Gasteiger partial charge >= 0.3 is 0 Å². The minimum absolute atomic E-state index is 0. The molecule has 0 atom stereocenters. The number of para-hydroxylation sites is 1. The van der Waals surface area contributed by atoms with Crippen LogP contribution in [0.3, 0.4) is 0 Å². The van der Waals surface area contributed by atoms with Gasteiger partial charge in [0.1, 0.15) is 11.6 Å². The number of aryl methyl sites for hydroxylation is 1. The van der Waals surface area contributed by atoms with Crippen LogP contribution in [-0.2, 0) is 20.1 Å². The third kappa shape index (κ3) is 6.04. The largest absolute Gasteiger partial charge is 0.496 e. The summed E-state index contributed by atoms with van der Waals surface area (Å²) < 4.78 is 7.30. The van der Waals surface area contributed by atoms with Gasteiger partial charge in [-0.05, 0) is 13.0 Å². The van der Waals surface area contributed by atoms with Crippen LogP contribution in [0, 0.1) is 6.92 Å². The van der Waals surface area contributed by atoms with Crippen molar-refractivity contribution >= 4 is 29.9 Å². The summed E-state index contributed by atoms with van der Waals surface area (Å²) in [6, 6.07) is 7.84. The van der Waals surface area contributed by atoms with Crippen molar-refractivity contribution < 1.29 is 4.74 Å². The van der Waals surface area contributed by atoms with Crippen LogP contribution >= 0.6 is 24.0 Å². The fraction of sp³-hybridized carbons (Fsp3) is 0.353. The number of aromatic nitrogens is 3. The lowest BCUT2D eigenvalue weighted by atomic mass is 10.2. The second kappa shape index (κ2) is 10.7. The van der Waals surface area contributed by atoms with E-state index >= 15 is 0 Å². The summed E-state index contributed by atoms with van der Waals surface area (Å²) in [7, 11) is 3.60. The molecule has 0 unspecified atom stereocenters. The van der Waals surface area contributed by atoms with Crippen LogP contribution in [0.15, 0.2) is 41.9 Å². The van der Waals surface area contributed by atoms with Crippen molar-refractivity contribution in [1.29, 1.82) is 0 Å². The van der Waals surface area contributed by atoms with Crippen LogP contribution in [0.4, 0.5) is 0 Å². The Labute approximate surface area is 165 Å². The fourth-order valence-corrected chi connectivity index (χ4v) is 2.11. The maximum absolute atomic E-state index is 5.36. The SMILES string of the molecule is C=CCNC(=NCc1ccccc1OC)NCc1nnc(C)n1C.I. The molecule has 136 valence electrons. The predicted octanol–water partition coefficient (Wildman–Crippen LogP) is 2.17. The molecular formula is C17H25IN6O. The topological polar surface area (TPSA) is 76.4 Å². The zero-order valence-electron chi connectivity index (χ0n) is 14.8. The third-order valence-electron chi connectivity index (χ3n) is 3.61. The molecule has 7 nitrogen and oxygen atoms in total. The Kier molecular flexibility index (Phi) is 8.96. The van der Waals surface area contributed by atoms with Crippen LogP contribution in [0.1, 0.15) is 17.2 Å². The van der Waals surface area contributed by atoms with E-state index in [-0.39, 0.29) is 24.0 Å². The van der Waals surface area contributed by atoms with Crippen molar-refractivity contribution in [2.75, 3.05) is 13.7 Å². The lowest BCUT2D eigenvalue weighted by Crippen LogP contribution is -2.37. The van der Waals surface area contributed by atoms with Crippen LogP contribution in [-0.4, -0.2) is 34.4 Å². The molecule has 0 fully saturated rings. The summed E-state index contributed by atoms with van der Waals surface area (Å²) in [5.41, 5.74) is 1.02. The van der Waals surface area contributed by atoms with Gasteiger partial charge in [-0.2, -0.15) is 0 Å². The summed E-state index contributed by atoms with van der Waals surface area (Å²) >= 11 is 0. The molecule has 0 aliphatic rings. The van der Waals surface area contributed by atoms with Gasteiger partial charge in [0.2, 0.25) is 0 Å². The number of hydrogen-bond acceptors (Lipinski definition) is 4. The first-order valence-corrected chi connectivity index (χ1v) is 7.75. The Morgan fingerprint density at radius 1 is 1.32 bits per heavy atom. The molecule has 2 N–H and O–H groups in total. The second-order valence-corrected chi connectivity index (χ2v) is 5.22. The minimum Gasteiger partial charge on any atom is -0.496 e. The normalized spacial score (nSPS) is 10.8. The first-order valence-electron chi connectivity index (χ1n) is 7.75. The zero-order chi connectivity index (χ0) is 17.4. The highest BCUT2D eigenvalue weighted by Gasteiger charge is 2.06. The Balaban J connectivity index is 0.00000312. The highest BCUT2D eigenvalue weighted by molar-refractivity contribution is 14.0. The minimum atomic E-state index is 0. The first-order chi connectivity index (χ1) is 11.7. The highest BCUT2D eigenvalue weighted by Crippen LogP contribution is 2.17. The van der Waals surface area contributed by atoms with Gasteiger partial charge in [-0.25, -0.2) is 4.99 Å². The zero-order valence-corrected chi connectivity index (χ0v) is 17.2. The average Bonchev–Trinajstić information content (AvgIpc) is 2.93. The van der Waals surface area contributed by atoms with Crippen molar-refractivity contribution in [2.24, 2.45) is 12.0 Å². The number of methoxy groups -OCH3 is 1. The molecule has 0 aliphatic carbocycles. The molecule has 1 aromatic heterocycles. The maximum Gasteiger partial charge on any atom is 0.192 e. The van der Waals surface area contributed by atoms with Gasteiger partial charge in [0.15, 0.2) is 11.8 Å². The maximum atomic E-state index is 5.36. The number of aliphatic imine (C=N–C) groups is 1. The van der Waals surface area contributed by atoms with E-state index in [4.69, 9.17) is 4.74 Å². The summed E-state index contributed by atoms with van der Waals surface area (Å²) in [4.78, 5) is 4.60. The molecule has 0 radical (unpaired) electrons. The summed E-state index contributed by atoms with van der Waals surface area (Å²) in [6.45, 7) is 7.30. The van der Waals surface area contributed by atoms with Gasteiger partial charge in [-0.15, -0.1) is 40.8 Å². The Hall–Kier alpha value is -2.10. The molecule has 0 spiro atoms. The molecule has 1 aromatic carbocycles. The van der Waals surface area contributed by atoms with Crippen LogP contribution in [0.2, 0.25) is 0 Å². The summed E-state index contributed by atoms with van der Waals surface area (Å²) in [5, 5.41) is 14.6. The van der Waals surface area contributed by atoms with Crippen LogP contribution in [0.5, 0.6) is 5.75 Å². The number of ether oxygens (including phenoxy) is 1. The quantitative estimate of drug-likeness (QED) is 0.289. The van der Waals surface area contributed by atoms with Gasteiger partial charge in [0.25, 0.3) is 0 Å². The van der Waals surface area contributed by atoms with Gasteiger partial charge in [0.05, 0.1) is 20.2 Å². The Morgan fingerprint density at radius 3 is 2.72 bits per heavy atom. The van der Waals surface area contributed by atoms with E-state index in [2.05, 4.69) is 32.4 Å². The van der Waals surface area contributed by atoms with Crippen molar-refractivity contribution in [3.05, 3.63) is 54.1 Å². The molecular weight excluding hydrogens is 431 g/mol. The van der Waals surface area contributed by atoms with Gasteiger partial charge in [-0.1, -0.05) is 24.3 Å². The number of rotatable bonds is 7. The molecule has 2 rings (SSSR count). The summed E-state index contributed by atoms with van der Waals surface area (Å²) in [5.74, 6) is 3.23. The van der Waals surface area contributed by atoms with Crippen molar-refractivity contribution in [2.45, 2.75) is 20.0 Å². The molecule has 2 aromatic rings. The molecule has 0 saturated heterocycles. The van der Waals surface area contributed by atoms with E-state index in [0.29, 0.717) is 25.6 Å². The molecule has 0 amide bonds. The molecule has 1 heterocycles. The number of benzene rings is 1. The molecule has 0 bridgehead atoms. The Bertz CT molecular complexity index is 713. The van der Waals surface area contributed by atoms with E-state index in [1.165, 1.54) is 0 Å². The number of nitrogens with one attached hydrogen (secondary N) is 2. The smallest absolute Gasteiger partial charge is 0.192 e. The van der Waals surface area contributed by atoms with Crippen LogP contribution < -0.4 is 15.4 Å². The van der Waals surface area contributed by atoms with Gasteiger partial charge < -0.3 is 19.9 Å². The highest BCUT2D eigenvalue weighted by atomic mass is 127. The fourth-order valence-electron chi connectivity index (χ4n) is 2.11. The molecule has 8 heteroatoms. The van der Waals surface area contributed by atoms with E-state index < -0.39 is 0 Å². The van der Waals surface area contributed by atoms with Crippen LogP contribution in [0.25, 0.3) is 0 Å². The van der Waals surface area contributed by atoms with E-state index in [9.17, 15) is 0 Å². The standard InChI is InChI=1S/C17H24N6O.HI/c1-5-10-18-17(20-12-16-22-21-13(2)23(16)3)19-11-14-8-6-7-9-15(14)24-4;/h5-9H,1,10-12H2,2-4H3,(H2,18,19,20);1H. The third-order valence-corrected chi connectivity index (χ3v) is 3.61. The lowest BCUT2D eigenvalue weighted by Gasteiger charge is -2.12. The van der Waals surface area contributed by atoms with E-state index in [1.54, 1.807) is 13.2 Å². The van der Waals surface area contributed by atoms with Crippen molar-refractivity contribution in [3.63, 3.8) is 0 Å². The van der Waals surface area contributed by atoms with E-state index in [1.807, 2.05) is 42.8 Å². The summed E-state index contributed by atoms with van der Waals surface area (Å²) in [6.07, 6.45) is 1.78. The first kappa shape index (κ1) is 20.9. The second-order valence-electron chi connectivity index (χ2n) is 5.22. The molecule has 25 heavy (non-hydrogen) atoms. The molecule has 0 aliphatic heterocycles. The lowest BCUT2D eigenvalue weighted by molar-refractivity contribution is 0.410. The number of nitrogens with zero attached hydrogens (tertiary/aromatic N) is 4. The number of guanidine groups is 1. The van der Waals surface area contributed by atoms with Crippen molar-refractivity contribution in [1.82, 2.24) is 25.4 Å². The van der Waals surface area contributed by atoms with Crippen molar-refractivity contribution in [3.8, 4) is 5.75 Å².